The molecule has 0 atom stereocenters. The van der Waals surface area contributed by atoms with Crippen LogP contribution >= 0.6 is 0 Å². The third-order valence-corrected chi connectivity index (χ3v) is 1.40. The van der Waals surface area contributed by atoms with E-state index in [2.05, 4.69) is 20.8 Å². The molecule has 0 unspecified atom stereocenters. The van der Waals surface area contributed by atoms with Crippen LogP contribution in [-0.4, -0.2) is 34.1 Å². The van der Waals surface area contributed by atoms with E-state index in [0.717, 1.165) is 0 Å². The van der Waals surface area contributed by atoms with E-state index < -0.39 is 0 Å². The number of aromatic nitrogens is 3. The van der Waals surface area contributed by atoms with Gasteiger partial charge in [0.2, 0.25) is 0 Å². The zero-order valence-corrected chi connectivity index (χ0v) is 7.53. The molecule has 0 bridgehead atoms. The second kappa shape index (κ2) is 5.13. The van der Waals surface area contributed by atoms with Crippen LogP contribution in [0, 0.1) is 0 Å². The van der Waals surface area contributed by atoms with Crippen LogP contribution in [-0.2, 0) is 6.54 Å². The standard InChI is InChI=1S/C7H13N5O/c1-2-8-7(13)9-5-6-12-10-3-4-11-12/h3-4H,2,5-6H2,1H3,(H2,8,9,13). The van der Waals surface area contributed by atoms with Crippen molar-refractivity contribution in [1.82, 2.24) is 25.6 Å². The Kier molecular flexibility index (Phi) is 3.74. The lowest BCUT2D eigenvalue weighted by molar-refractivity contribution is 0.240. The topological polar surface area (TPSA) is 71.8 Å². The molecule has 0 radical (unpaired) electrons. The summed E-state index contributed by atoms with van der Waals surface area (Å²) in [4.78, 5) is 12.4. The first kappa shape index (κ1) is 9.50. The van der Waals surface area contributed by atoms with Crippen molar-refractivity contribution in [3.05, 3.63) is 12.4 Å². The summed E-state index contributed by atoms with van der Waals surface area (Å²) in [5.41, 5.74) is 0. The first-order valence-electron chi connectivity index (χ1n) is 4.18. The van der Waals surface area contributed by atoms with E-state index in [9.17, 15) is 4.79 Å². The van der Waals surface area contributed by atoms with Gasteiger partial charge in [0, 0.05) is 13.1 Å². The van der Waals surface area contributed by atoms with Crippen molar-refractivity contribution in [2.75, 3.05) is 13.1 Å². The first-order valence-corrected chi connectivity index (χ1v) is 4.18. The fourth-order valence-corrected chi connectivity index (χ4v) is 0.851. The molecular formula is C7H13N5O. The highest BCUT2D eigenvalue weighted by atomic mass is 16.2. The number of amides is 2. The molecule has 0 saturated carbocycles. The summed E-state index contributed by atoms with van der Waals surface area (Å²) < 4.78 is 0. The monoisotopic (exact) mass is 183 g/mol. The average molecular weight is 183 g/mol. The molecule has 1 aromatic rings. The summed E-state index contributed by atoms with van der Waals surface area (Å²) in [6.45, 7) is 3.62. The molecular weight excluding hydrogens is 170 g/mol. The van der Waals surface area contributed by atoms with Crippen LogP contribution in [0.5, 0.6) is 0 Å². The van der Waals surface area contributed by atoms with Crippen molar-refractivity contribution in [3.8, 4) is 0 Å². The molecule has 0 aliphatic carbocycles. The normalized spacial score (nSPS) is 9.62. The van der Waals surface area contributed by atoms with E-state index in [1.165, 1.54) is 4.80 Å². The third-order valence-electron chi connectivity index (χ3n) is 1.40. The van der Waals surface area contributed by atoms with Crippen LogP contribution in [0.2, 0.25) is 0 Å². The fourth-order valence-electron chi connectivity index (χ4n) is 0.851. The van der Waals surface area contributed by atoms with Crippen LogP contribution in [0.4, 0.5) is 4.79 Å². The summed E-state index contributed by atoms with van der Waals surface area (Å²) in [6.07, 6.45) is 3.21. The molecule has 13 heavy (non-hydrogen) atoms. The molecule has 2 amide bonds. The molecule has 0 spiro atoms. The Morgan fingerprint density at radius 2 is 2.08 bits per heavy atom. The predicted octanol–water partition coefficient (Wildman–Crippen LogP) is -0.403. The van der Waals surface area contributed by atoms with Crippen molar-refractivity contribution in [2.45, 2.75) is 13.5 Å². The van der Waals surface area contributed by atoms with E-state index in [-0.39, 0.29) is 6.03 Å². The highest BCUT2D eigenvalue weighted by Gasteiger charge is 1.96. The van der Waals surface area contributed by atoms with Crippen molar-refractivity contribution in [2.24, 2.45) is 0 Å². The van der Waals surface area contributed by atoms with Gasteiger partial charge >= 0.3 is 6.03 Å². The van der Waals surface area contributed by atoms with Gasteiger partial charge in [0.15, 0.2) is 0 Å². The zero-order chi connectivity index (χ0) is 9.52. The van der Waals surface area contributed by atoms with Crippen LogP contribution in [0.1, 0.15) is 6.92 Å². The van der Waals surface area contributed by atoms with E-state index in [1.54, 1.807) is 12.4 Å². The Balaban J connectivity index is 2.11. The van der Waals surface area contributed by atoms with Crippen LogP contribution in [0.3, 0.4) is 0 Å². The number of nitrogens with zero attached hydrogens (tertiary/aromatic N) is 3. The minimum atomic E-state index is -0.158. The lowest BCUT2D eigenvalue weighted by Gasteiger charge is -2.04. The van der Waals surface area contributed by atoms with Crippen molar-refractivity contribution >= 4 is 6.03 Å². The molecule has 2 N–H and O–H groups in total. The highest BCUT2D eigenvalue weighted by molar-refractivity contribution is 5.73. The molecule has 1 aromatic heterocycles. The van der Waals surface area contributed by atoms with E-state index in [4.69, 9.17) is 0 Å². The molecule has 6 nitrogen and oxygen atoms in total. The quantitative estimate of drug-likeness (QED) is 0.667. The van der Waals surface area contributed by atoms with Crippen molar-refractivity contribution < 1.29 is 4.79 Å². The Bertz CT molecular complexity index is 245. The molecule has 0 aromatic carbocycles. The summed E-state index contributed by atoms with van der Waals surface area (Å²) >= 11 is 0. The number of hydrogen-bond donors (Lipinski definition) is 2. The van der Waals surface area contributed by atoms with Crippen molar-refractivity contribution in [3.63, 3.8) is 0 Å². The molecule has 1 heterocycles. The third kappa shape index (κ3) is 3.55. The van der Waals surface area contributed by atoms with E-state index in [1.807, 2.05) is 6.92 Å². The molecule has 0 aliphatic heterocycles. The maximum Gasteiger partial charge on any atom is 0.314 e. The Hall–Kier alpha value is -1.59. The molecule has 0 aliphatic rings. The van der Waals surface area contributed by atoms with Crippen LogP contribution in [0.25, 0.3) is 0 Å². The lowest BCUT2D eigenvalue weighted by Crippen LogP contribution is -2.37. The summed E-state index contributed by atoms with van der Waals surface area (Å²) in [5.74, 6) is 0. The molecule has 0 saturated heterocycles. The first-order chi connectivity index (χ1) is 6.33. The fraction of sp³-hybridized carbons (Fsp3) is 0.571. The smallest absolute Gasteiger partial charge is 0.314 e. The van der Waals surface area contributed by atoms with Gasteiger partial charge in [-0.1, -0.05) is 0 Å². The zero-order valence-electron chi connectivity index (χ0n) is 7.53. The number of rotatable bonds is 4. The van der Waals surface area contributed by atoms with Gasteiger partial charge in [-0.2, -0.15) is 15.0 Å². The number of urea groups is 1. The van der Waals surface area contributed by atoms with Gasteiger partial charge in [-0.3, -0.25) is 0 Å². The van der Waals surface area contributed by atoms with Gasteiger partial charge in [-0.05, 0) is 6.92 Å². The van der Waals surface area contributed by atoms with Gasteiger partial charge in [-0.15, -0.1) is 0 Å². The van der Waals surface area contributed by atoms with Crippen molar-refractivity contribution in [1.29, 1.82) is 0 Å². The second-order valence-electron chi connectivity index (χ2n) is 2.41. The van der Waals surface area contributed by atoms with Gasteiger partial charge in [-0.25, -0.2) is 4.79 Å². The van der Waals surface area contributed by atoms with Crippen LogP contribution < -0.4 is 10.6 Å². The lowest BCUT2D eigenvalue weighted by atomic mass is 10.6. The van der Waals surface area contributed by atoms with Gasteiger partial charge in [0.05, 0.1) is 18.9 Å². The Morgan fingerprint density at radius 1 is 1.38 bits per heavy atom. The van der Waals surface area contributed by atoms with Gasteiger partial charge in [0.1, 0.15) is 0 Å². The highest BCUT2D eigenvalue weighted by Crippen LogP contribution is 1.76. The number of nitrogens with one attached hydrogen (secondary N) is 2. The summed E-state index contributed by atoms with van der Waals surface area (Å²) in [7, 11) is 0. The summed E-state index contributed by atoms with van der Waals surface area (Å²) in [6, 6.07) is -0.158. The Labute approximate surface area is 76.3 Å². The average Bonchev–Trinajstić information content (AvgIpc) is 2.57. The van der Waals surface area contributed by atoms with E-state index >= 15 is 0 Å². The number of carbonyl (C=O) groups excluding carboxylic acids is 1. The van der Waals surface area contributed by atoms with E-state index in [0.29, 0.717) is 19.6 Å². The van der Waals surface area contributed by atoms with Crippen LogP contribution in [0.15, 0.2) is 12.4 Å². The summed E-state index contributed by atoms with van der Waals surface area (Å²) in [5, 5.41) is 13.1. The predicted molar refractivity (Wildman–Crippen MR) is 47.1 cm³/mol. The minimum Gasteiger partial charge on any atom is -0.338 e. The maximum absolute atomic E-state index is 10.9. The van der Waals surface area contributed by atoms with Gasteiger partial charge < -0.3 is 10.6 Å². The van der Waals surface area contributed by atoms with Gasteiger partial charge in [0.25, 0.3) is 0 Å². The maximum atomic E-state index is 10.9. The largest absolute Gasteiger partial charge is 0.338 e. The second-order valence-corrected chi connectivity index (χ2v) is 2.41. The molecule has 6 heteroatoms. The Morgan fingerprint density at radius 3 is 2.69 bits per heavy atom. The number of carbonyl (C=O) groups is 1. The number of hydrogen-bond acceptors (Lipinski definition) is 3. The SMILES string of the molecule is CCNC(=O)NCCn1nccn1. The molecule has 1 rings (SSSR count). The molecule has 72 valence electrons. The molecule has 0 fully saturated rings. The minimum absolute atomic E-state index is 0.158.